The van der Waals surface area contributed by atoms with Gasteiger partial charge in [-0.2, -0.15) is 0 Å². The molecule has 0 aromatic heterocycles. The van der Waals surface area contributed by atoms with Crippen LogP contribution in [0, 0.1) is 5.92 Å². The lowest BCUT2D eigenvalue weighted by Gasteiger charge is -2.29. The standard InChI is InChI=1S/C15H24N2O2/c1-18-14-5-2-12(3-6-14)4-7-15(17-16)13-8-10-19-11-9-13/h2-3,5-6,13,15,17H,4,7-11,16H2,1H3. The summed E-state index contributed by atoms with van der Waals surface area (Å²) in [5.41, 5.74) is 4.31. The Hall–Kier alpha value is -1.10. The third kappa shape index (κ3) is 4.20. The Bertz CT molecular complexity index is 361. The molecule has 0 radical (unpaired) electrons. The van der Waals surface area contributed by atoms with Gasteiger partial charge in [-0.15, -0.1) is 0 Å². The van der Waals surface area contributed by atoms with Crippen molar-refractivity contribution in [3.8, 4) is 5.75 Å². The number of benzene rings is 1. The number of nitrogens with two attached hydrogens (primary N) is 1. The van der Waals surface area contributed by atoms with E-state index in [1.54, 1.807) is 7.11 Å². The quantitative estimate of drug-likeness (QED) is 0.608. The van der Waals surface area contributed by atoms with E-state index in [1.807, 2.05) is 12.1 Å². The first-order valence-corrected chi connectivity index (χ1v) is 7.00. The normalized spacial score (nSPS) is 18.2. The zero-order valence-corrected chi connectivity index (χ0v) is 11.6. The maximum atomic E-state index is 5.70. The van der Waals surface area contributed by atoms with Crippen molar-refractivity contribution in [1.29, 1.82) is 0 Å². The molecule has 0 spiro atoms. The molecule has 0 bridgehead atoms. The van der Waals surface area contributed by atoms with Crippen LogP contribution >= 0.6 is 0 Å². The molecule has 1 unspecified atom stereocenters. The van der Waals surface area contributed by atoms with Crippen LogP contribution in [0.25, 0.3) is 0 Å². The fraction of sp³-hybridized carbons (Fsp3) is 0.600. The van der Waals surface area contributed by atoms with E-state index in [0.717, 1.165) is 44.6 Å². The predicted molar refractivity (Wildman–Crippen MR) is 76.0 cm³/mol. The monoisotopic (exact) mass is 264 g/mol. The van der Waals surface area contributed by atoms with Gasteiger partial charge >= 0.3 is 0 Å². The first kappa shape index (κ1) is 14.3. The molecular formula is C15H24N2O2. The van der Waals surface area contributed by atoms with E-state index in [1.165, 1.54) is 5.56 Å². The molecule has 0 aliphatic carbocycles. The van der Waals surface area contributed by atoms with Crippen LogP contribution in [0.4, 0.5) is 0 Å². The van der Waals surface area contributed by atoms with Crippen molar-refractivity contribution in [2.45, 2.75) is 31.7 Å². The van der Waals surface area contributed by atoms with Crippen molar-refractivity contribution in [3.05, 3.63) is 29.8 Å². The van der Waals surface area contributed by atoms with Crippen LogP contribution in [0.5, 0.6) is 5.75 Å². The van der Waals surface area contributed by atoms with Crippen LogP contribution in [-0.4, -0.2) is 26.4 Å². The van der Waals surface area contributed by atoms with Gasteiger partial charge in [0.2, 0.25) is 0 Å². The second kappa shape index (κ2) is 7.48. The Morgan fingerprint density at radius 2 is 2.00 bits per heavy atom. The smallest absolute Gasteiger partial charge is 0.118 e. The van der Waals surface area contributed by atoms with Crippen molar-refractivity contribution >= 4 is 0 Å². The fourth-order valence-electron chi connectivity index (χ4n) is 2.69. The van der Waals surface area contributed by atoms with E-state index in [-0.39, 0.29) is 0 Å². The van der Waals surface area contributed by atoms with Crippen LogP contribution in [-0.2, 0) is 11.2 Å². The number of hydrazine groups is 1. The lowest BCUT2D eigenvalue weighted by Crippen LogP contribution is -2.43. The third-order valence-electron chi connectivity index (χ3n) is 3.95. The topological polar surface area (TPSA) is 56.5 Å². The number of aryl methyl sites for hydroxylation is 1. The van der Waals surface area contributed by atoms with Crippen LogP contribution in [0.3, 0.4) is 0 Å². The number of hydrogen-bond acceptors (Lipinski definition) is 4. The second-order valence-corrected chi connectivity index (χ2v) is 5.11. The summed E-state index contributed by atoms with van der Waals surface area (Å²) in [7, 11) is 1.69. The molecule has 1 aliphatic heterocycles. The molecule has 1 aromatic carbocycles. The number of methoxy groups -OCH3 is 1. The Labute approximate surface area is 115 Å². The fourth-order valence-corrected chi connectivity index (χ4v) is 2.69. The minimum Gasteiger partial charge on any atom is -0.497 e. The van der Waals surface area contributed by atoms with Gasteiger partial charge in [-0.3, -0.25) is 11.3 Å². The molecule has 19 heavy (non-hydrogen) atoms. The van der Waals surface area contributed by atoms with Gasteiger partial charge in [0.25, 0.3) is 0 Å². The third-order valence-corrected chi connectivity index (χ3v) is 3.95. The zero-order valence-electron chi connectivity index (χ0n) is 11.6. The van der Waals surface area contributed by atoms with Gasteiger partial charge in [0.15, 0.2) is 0 Å². The van der Waals surface area contributed by atoms with Crippen molar-refractivity contribution in [1.82, 2.24) is 5.43 Å². The van der Waals surface area contributed by atoms with E-state index >= 15 is 0 Å². The van der Waals surface area contributed by atoms with E-state index in [2.05, 4.69) is 17.6 Å². The summed E-state index contributed by atoms with van der Waals surface area (Å²) in [5, 5.41) is 0. The molecular weight excluding hydrogens is 240 g/mol. The molecule has 2 rings (SSSR count). The molecule has 1 fully saturated rings. The first-order valence-electron chi connectivity index (χ1n) is 7.00. The molecule has 1 heterocycles. The maximum Gasteiger partial charge on any atom is 0.118 e. The van der Waals surface area contributed by atoms with Gasteiger partial charge in [-0.1, -0.05) is 12.1 Å². The number of hydrogen-bond donors (Lipinski definition) is 2. The minimum absolute atomic E-state index is 0.381. The second-order valence-electron chi connectivity index (χ2n) is 5.11. The highest BCUT2D eigenvalue weighted by Gasteiger charge is 2.22. The molecule has 4 nitrogen and oxygen atoms in total. The van der Waals surface area contributed by atoms with Gasteiger partial charge in [-0.25, -0.2) is 0 Å². The Balaban J connectivity index is 1.84. The van der Waals surface area contributed by atoms with Crippen LogP contribution in [0.2, 0.25) is 0 Å². The molecule has 4 heteroatoms. The molecule has 0 saturated carbocycles. The van der Waals surface area contributed by atoms with Crippen molar-refractivity contribution in [3.63, 3.8) is 0 Å². The summed E-state index contributed by atoms with van der Waals surface area (Å²) in [6.45, 7) is 1.73. The van der Waals surface area contributed by atoms with Crippen molar-refractivity contribution < 1.29 is 9.47 Å². The minimum atomic E-state index is 0.381. The highest BCUT2D eigenvalue weighted by molar-refractivity contribution is 5.27. The largest absolute Gasteiger partial charge is 0.497 e. The average Bonchev–Trinajstić information content (AvgIpc) is 2.49. The van der Waals surface area contributed by atoms with Gasteiger partial charge < -0.3 is 9.47 Å². The summed E-state index contributed by atoms with van der Waals surface area (Å²) in [6, 6.07) is 8.64. The average molecular weight is 264 g/mol. The number of nitrogens with one attached hydrogen (secondary N) is 1. The first-order chi connectivity index (χ1) is 9.33. The van der Waals surface area contributed by atoms with Crippen LogP contribution < -0.4 is 16.0 Å². The molecule has 3 N–H and O–H groups in total. The predicted octanol–water partition coefficient (Wildman–Crippen LogP) is 1.89. The van der Waals surface area contributed by atoms with Gasteiger partial charge in [-0.05, 0) is 49.3 Å². The van der Waals surface area contributed by atoms with Gasteiger partial charge in [0, 0.05) is 19.3 Å². The summed E-state index contributed by atoms with van der Waals surface area (Å²) < 4.78 is 10.6. The summed E-state index contributed by atoms with van der Waals surface area (Å²) in [6.07, 6.45) is 4.32. The highest BCUT2D eigenvalue weighted by Crippen LogP contribution is 2.22. The SMILES string of the molecule is COc1ccc(CCC(NN)C2CCOCC2)cc1. The molecule has 1 aliphatic rings. The summed E-state index contributed by atoms with van der Waals surface area (Å²) in [5.74, 6) is 7.24. The Morgan fingerprint density at radius 1 is 1.32 bits per heavy atom. The highest BCUT2D eigenvalue weighted by atomic mass is 16.5. The lowest BCUT2D eigenvalue weighted by molar-refractivity contribution is 0.0526. The Kier molecular flexibility index (Phi) is 5.63. The van der Waals surface area contributed by atoms with Crippen LogP contribution in [0.15, 0.2) is 24.3 Å². The Morgan fingerprint density at radius 3 is 2.58 bits per heavy atom. The van der Waals surface area contributed by atoms with Crippen molar-refractivity contribution in [2.75, 3.05) is 20.3 Å². The zero-order chi connectivity index (χ0) is 13.5. The molecule has 1 atom stereocenters. The lowest BCUT2D eigenvalue weighted by atomic mass is 9.88. The summed E-state index contributed by atoms with van der Waals surface area (Å²) in [4.78, 5) is 0. The number of rotatable bonds is 6. The van der Waals surface area contributed by atoms with Crippen molar-refractivity contribution in [2.24, 2.45) is 11.8 Å². The van der Waals surface area contributed by atoms with Crippen LogP contribution in [0.1, 0.15) is 24.8 Å². The molecule has 106 valence electrons. The van der Waals surface area contributed by atoms with E-state index in [9.17, 15) is 0 Å². The molecule has 1 saturated heterocycles. The van der Waals surface area contributed by atoms with E-state index in [0.29, 0.717) is 12.0 Å². The number of ether oxygens (including phenoxy) is 2. The van der Waals surface area contributed by atoms with Gasteiger partial charge in [0.1, 0.15) is 5.75 Å². The molecule has 1 aromatic rings. The maximum absolute atomic E-state index is 5.70. The molecule has 0 amide bonds. The van der Waals surface area contributed by atoms with E-state index in [4.69, 9.17) is 15.3 Å². The van der Waals surface area contributed by atoms with E-state index < -0.39 is 0 Å². The van der Waals surface area contributed by atoms with Gasteiger partial charge in [0.05, 0.1) is 7.11 Å². The summed E-state index contributed by atoms with van der Waals surface area (Å²) >= 11 is 0.